The molecule has 0 heterocycles. The molecule has 0 N–H and O–H groups in total. The van der Waals surface area contributed by atoms with Crippen molar-refractivity contribution >= 4 is 13.1 Å². The van der Waals surface area contributed by atoms with Gasteiger partial charge >= 0.3 is 0 Å². The molecule has 1 rings (SSSR count). The van der Waals surface area contributed by atoms with E-state index in [1.165, 1.54) is 5.57 Å². The molecule has 2 heteroatoms. The van der Waals surface area contributed by atoms with Gasteiger partial charge in [-0.2, -0.15) is 0 Å². The van der Waals surface area contributed by atoms with Gasteiger partial charge in [0.15, 0.2) is 0 Å². The molecule has 2 unspecified atom stereocenters. The smallest absolute Gasteiger partial charge is 0.135 e. The Kier molecular flexibility index (Phi) is 3.13. The van der Waals surface area contributed by atoms with Crippen LogP contribution in [-0.2, 0) is 4.79 Å². The maximum absolute atomic E-state index is 11.7. The molecule has 0 aromatic heterocycles. The Morgan fingerprint density at radius 3 is 2.83 bits per heavy atom. The van der Waals surface area contributed by atoms with Gasteiger partial charge in [-0.1, -0.05) is 25.4 Å². The highest BCUT2D eigenvalue weighted by Gasteiger charge is 2.28. The SMILES string of the molecule is C[B]C1CC=C(C)C(CC)C1=O. The van der Waals surface area contributed by atoms with E-state index in [-0.39, 0.29) is 11.7 Å². The largest absolute Gasteiger partial charge is 0.300 e. The van der Waals surface area contributed by atoms with Crippen molar-refractivity contribution < 1.29 is 4.79 Å². The summed E-state index contributed by atoms with van der Waals surface area (Å²) in [6.45, 7) is 6.12. The summed E-state index contributed by atoms with van der Waals surface area (Å²) in [5, 5.41) is 0. The van der Waals surface area contributed by atoms with E-state index in [1.807, 2.05) is 14.1 Å². The molecule has 0 aromatic rings. The average molecular weight is 163 g/mol. The van der Waals surface area contributed by atoms with Crippen LogP contribution in [-0.4, -0.2) is 13.1 Å². The molecular weight excluding hydrogens is 147 g/mol. The predicted octanol–water partition coefficient (Wildman–Crippen LogP) is 2.47. The number of ketones is 1. The van der Waals surface area contributed by atoms with Gasteiger partial charge in [-0.05, 0) is 25.6 Å². The van der Waals surface area contributed by atoms with Crippen molar-refractivity contribution in [1.29, 1.82) is 0 Å². The molecule has 2 atom stereocenters. The summed E-state index contributed by atoms with van der Waals surface area (Å²) in [4.78, 5) is 11.7. The Balaban J connectivity index is 2.78. The van der Waals surface area contributed by atoms with Gasteiger partial charge in [-0.25, -0.2) is 0 Å². The van der Waals surface area contributed by atoms with E-state index < -0.39 is 0 Å². The Morgan fingerprint density at radius 1 is 1.67 bits per heavy atom. The van der Waals surface area contributed by atoms with Gasteiger partial charge in [0.05, 0.1) is 0 Å². The minimum atomic E-state index is 0.179. The van der Waals surface area contributed by atoms with Crippen molar-refractivity contribution in [2.45, 2.75) is 39.3 Å². The maximum atomic E-state index is 11.7. The molecule has 12 heavy (non-hydrogen) atoms. The molecule has 0 aromatic carbocycles. The van der Waals surface area contributed by atoms with Crippen molar-refractivity contribution in [1.82, 2.24) is 0 Å². The van der Waals surface area contributed by atoms with E-state index in [0.717, 1.165) is 12.8 Å². The number of allylic oxidation sites excluding steroid dienone is 2. The molecule has 65 valence electrons. The highest BCUT2D eigenvalue weighted by Crippen LogP contribution is 2.30. The Hall–Kier alpha value is -0.525. The van der Waals surface area contributed by atoms with Gasteiger partial charge in [0.25, 0.3) is 0 Å². The lowest BCUT2D eigenvalue weighted by Gasteiger charge is -2.25. The first kappa shape index (κ1) is 9.56. The van der Waals surface area contributed by atoms with Crippen molar-refractivity contribution in [3.63, 3.8) is 0 Å². The van der Waals surface area contributed by atoms with Gasteiger partial charge in [-0.15, -0.1) is 0 Å². The third-order valence-electron chi connectivity index (χ3n) is 2.76. The molecule has 0 saturated heterocycles. The van der Waals surface area contributed by atoms with Crippen molar-refractivity contribution in [3.05, 3.63) is 11.6 Å². The molecule has 0 saturated carbocycles. The van der Waals surface area contributed by atoms with Gasteiger partial charge in [0.2, 0.25) is 0 Å². The van der Waals surface area contributed by atoms with Crippen molar-refractivity contribution in [3.8, 4) is 0 Å². The number of rotatable bonds is 2. The second kappa shape index (κ2) is 3.93. The van der Waals surface area contributed by atoms with Crippen LogP contribution in [0.25, 0.3) is 0 Å². The van der Waals surface area contributed by atoms with E-state index in [9.17, 15) is 4.79 Å². The Morgan fingerprint density at radius 2 is 2.33 bits per heavy atom. The molecule has 1 aliphatic carbocycles. The summed E-state index contributed by atoms with van der Waals surface area (Å²) >= 11 is 0. The summed E-state index contributed by atoms with van der Waals surface area (Å²) in [7, 11) is 2.02. The fourth-order valence-corrected chi connectivity index (χ4v) is 1.88. The molecule has 1 nitrogen and oxygen atoms in total. The third-order valence-corrected chi connectivity index (χ3v) is 2.76. The monoisotopic (exact) mass is 163 g/mol. The Labute approximate surface area is 75.5 Å². The standard InChI is InChI=1S/C10H16BO/c1-4-8-7(2)5-6-9(11-3)10(8)12/h5,8-9H,4,6H2,1-3H3. The van der Waals surface area contributed by atoms with Crippen LogP contribution < -0.4 is 0 Å². The predicted molar refractivity (Wildman–Crippen MR) is 52.5 cm³/mol. The lowest BCUT2D eigenvalue weighted by Crippen LogP contribution is -2.26. The van der Waals surface area contributed by atoms with Crippen LogP contribution in [0, 0.1) is 5.92 Å². The van der Waals surface area contributed by atoms with Crippen molar-refractivity contribution in [2.75, 3.05) is 0 Å². The van der Waals surface area contributed by atoms with Crippen molar-refractivity contribution in [2.24, 2.45) is 5.92 Å². The van der Waals surface area contributed by atoms with E-state index in [1.54, 1.807) is 0 Å². The molecule has 0 bridgehead atoms. The molecule has 1 aliphatic rings. The first-order valence-electron chi connectivity index (χ1n) is 4.70. The van der Waals surface area contributed by atoms with Crippen LogP contribution in [0.5, 0.6) is 0 Å². The second-order valence-electron chi connectivity index (χ2n) is 3.49. The summed E-state index contributed by atoms with van der Waals surface area (Å²) in [5.41, 5.74) is 1.26. The van der Waals surface area contributed by atoms with Crippen LogP contribution in [0.2, 0.25) is 12.6 Å². The normalized spacial score (nSPS) is 29.9. The first-order chi connectivity index (χ1) is 5.70. The molecular formula is C10H16BO. The number of carbonyl (C=O) groups is 1. The summed E-state index contributed by atoms with van der Waals surface area (Å²) in [6.07, 6.45) is 4.07. The lowest BCUT2D eigenvalue weighted by molar-refractivity contribution is -0.122. The van der Waals surface area contributed by atoms with Gasteiger partial charge < -0.3 is 0 Å². The fourth-order valence-electron chi connectivity index (χ4n) is 1.88. The summed E-state index contributed by atoms with van der Waals surface area (Å²) < 4.78 is 0. The van der Waals surface area contributed by atoms with E-state index in [0.29, 0.717) is 5.78 Å². The summed E-state index contributed by atoms with van der Waals surface area (Å²) in [5.74, 6) is 0.790. The topological polar surface area (TPSA) is 17.1 Å². The van der Waals surface area contributed by atoms with Gasteiger partial charge in [0, 0.05) is 5.92 Å². The number of carbonyl (C=O) groups excluding carboxylic acids is 1. The third kappa shape index (κ3) is 1.62. The number of hydrogen-bond acceptors (Lipinski definition) is 1. The zero-order valence-corrected chi connectivity index (χ0v) is 8.13. The number of Topliss-reactive ketones (excluding diaryl/α,β-unsaturated/α-hetero) is 1. The zero-order chi connectivity index (χ0) is 9.14. The van der Waals surface area contributed by atoms with E-state index in [2.05, 4.69) is 19.9 Å². The minimum absolute atomic E-state index is 0.179. The lowest BCUT2D eigenvalue weighted by atomic mass is 9.58. The Bertz CT molecular complexity index is 208. The van der Waals surface area contributed by atoms with Crippen LogP contribution >= 0.6 is 0 Å². The quantitative estimate of drug-likeness (QED) is 0.451. The molecule has 0 amide bonds. The molecule has 0 fully saturated rings. The first-order valence-corrected chi connectivity index (χ1v) is 4.70. The highest BCUT2D eigenvalue weighted by molar-refractivity contribution is 6.43. The van der Waals surface area contributed by atoms with E-state index in [4.69, 9.17) is 0 Å². The summed E-state index contributed by atoms with van der Waals surface area (Å²) in [6, 6.07) is 0. The number of hydrogen-bond donors (Lipinski definition) is 0. The molecule has 0 aliphatic heterocycles. The zero-order valence-electron chi connectivity index (χ0n) is 8.13. The van der Waals surface area contributed by atoms with Crippen LogP contribution in [0.15, 0.2) is 11.6 Å². The minimum Gasteiger partial charge on any atom is -0.300 e. The maximum Gasteiger partial charge on any atom is 0.135 e. The highest BCUT2D eigenvalue weighted by atomic mass is 16.1. The van der Waals surface area contributed by atoms with E-state index >= 15 is 0 Å². The molecule has 0 spiro atoms. The van der Waals surface area contributed by atoms with Gasteiger partial charge in [-0.3, -0.25) is 4.79 Å². The fraction of sp³-hybridized carbons (Fsp3) is 0.700. The van der Waals surface area contributed by atoms with Crippen LogP contribution in [0.4, 0.5) is 0 Å². The van der Waals surface area contributed by atoms with Gasteiger partial charge in [0.1, 0.15) is 13.1 Å². The average Bonchev–Trinajstić information content (AvgIpc) is 2.06. The van der Waals surface area contributed by atoms with Crippen LogP contribution in [0.1, 0.15) is 26.7 Å². The van der Waals surface area contributed by atoms with Crippen LogP contribution in [0.3, 0.4) is 0 Å². The molecule has 1 radical (unpaired) electrons. The second-order valence-corrected chi connectivity index (χ2v) is 3.49.